The van der Waals surface area contributed by atoms with E-state index in [0.29, 0.717) is 0 Å². The van der Waals surface area contributed by atoms with Crippen LogP contribution in [0.5, 0.6) is 0 Å². The van der Waals surface area contributed by atoms with Crippen LogP contribution in [0.1, 0.15) is 20.8 Å². The minimum absolute atomic E-state index is 0.00810. The third kappa shape index (κ3) is 2.36. The van der Waals surface area contributed by atoms with E-state index in [4.69, 9.17) is 14.2 Å². The molecule has 1 heterocycles. The van der Waals surface area contributed by atoms with Crippen LogP contribution in [0, 0.1) is 5.41 Å². The van der Waals surface area contributed by atoms with E-state index in [1.807, 2.05) is 0 Å². The van der Waals surface area contributed by atoms with Gasteiger partial charge in [0.15, 0.2) is 11.2 Å². The molecule has 0 aromatic carbocycles. The van der Waals surface area contributed by atoms with Crippen LogP contribution in [0.15, 0.2) is 12.3 Å². The molecule has 1 fully saturated rings. The first kappa shape index (κ1) is 13.0. The van der Waals surface area contributed by atoms with E-state index >= 15 is 0 Å². The van der Waals surface area contributed by atoms with Gasteiger partial charge in [0.25, 0.3) is 0 Å². The van der Waals surface area contributed by atoms with Crippen LogP contribution in [0.2, 0.25) is 0 Å². The van der Waals surface area contributed by atoms with Crippen LogP contribution < -0.4 is 0 Å². The molecule has 0 atom stereocenters. The molecule has 0 aliphatic carbocycles. The molecule has 92 valence electrons. The minimum atomic E-state index is -1.30. The van der Waals surface area contributed by atoms with Crippen molar-refractivity contribution in [2.24, 2.45) is 5.41 Å². The molecule has 16 heavy (non-hydrogen) atoms. The Bertz CT molecular complexity index is 285. The van der Waals surface area contributed by atoms with Gasteiger partial charge in [0.05, 0.1) is 19.8 Å². The molecular weight excluding hydrogens is 212 g/mol. The lowest BCUT2D eigenvalue weighted by molar-refractivity contribution is -0.281. The fourth-order valence-corrected chi connectivity index (χ4v) is 1.35. The lowest BCUT2D eigenvalue weighted by Crippen LogP contribution is -2.52. The average molecular weight is 230 g/mol. The van der Waals surface area contributed by atoms with Crippen molar-refractivity contribution >= 4 is 5.97 Å². The van der Waals surface area contributed by atoms with Gasteiger partial charge in [-0.1, -0.05) is 6.58 Å². The highest BCUT2D eigenvalue weighted by Gasteiger charge is 2.49. The number of hydrogen-bond donors (Lipinski definition) is 1. The van der Waals surface area contributed by atoms with E-state index in [1.54, 1.807) is 20.8 Å². The highest BCUT2D eigenvalue weighted by molar-refractivity contribution is 5.80. The van der Waals surface area contributed by atoms with Gasteiger partial charge >= 0.3 is 5.97 Å². The third-order valence-electron chi connectivity index (χ3n) is 2.55. The standard InChI is InChI=1S/C11H18O5/c1-5-14-9(13)11(8(2)12)6-15-10(3,4)16-7-11/h12H,2,5-7H2,1,3-4H3. The molecule has 1 saturated heterocycles. The molecule has 0 bridgehead atoms. The predicted octanol–water partition coefficient (Wildman–Crippen LogP) is 1.39. The summed E-state index contributed by atoms with van der Waals surface area (Å²) in [6, 6.07) is 0. The summed E-state index contributed by atoms with van der Waals surface area (Å²) in [7, 11) is 0. The van der Waals surface area contributed by atoms with E-state index in [0.717, 1.165) is 0 Å². The van der Waals surface area contributed by atoms with Gasteiger partial charge in [0, 0.05) is 0 Å². The molecular formula is C11H18O5. The Morgan fingerprint density at radius 3 is 2.31 bits per heavy atom. The van der Waals surface area contributed by atoms with Crippen molar-refractivity contribution in [2.75, 3.05) is 19.8 Å². The first-order chi connectivity index (χ1) is 7.34. The molecule has 1 N–H and O–H groups in total. The maximum atomic E-state index is 11.8. The van der Waals surface area contributed by atoms with Gasteiger partial charge in [0.1, 0.15) is 5.76 Å². The van der Waals surface area contributed by atoms with E-state index in [1.165, 1.54) is 0 Å². The number of esters is 1. The van der Waals surface area contributed by atoms with Crippen molar-refractivity contribution in [2.45, 2.75) is 26.6 Å². The van der Waals surface area contributed by atoms with Gasteiger partial charge in [-0.15, -0.1) is 0 Å². The molecule has 0 unspecified atom stereocenters. The number of carbonyl (C=O) groups is 1. The van der Waals surface area contributed by atoms with Crippen LogP contribution in [0.25, 0.3) is 0 Å². The van der Waals surface area contributed by atoms with E-state index < -0.39 is 17.2 Å². The fourth-order valence-electron chi connectivity index (χ4n) is 1.35. The van der Waals surface area contributed by atoms with Crippen molar-refractivity contribution in [1.29, 1.82) is 0 Å². The highest BCUT2D eigenvalue weighted by atomic mass is 16.7. The summed E-state index contributed by atoms with van der Waals surface area (Å²) >= 11 is 0. The lowest BCUT2D eigenvalue weighted by atomic mass is 9.87. The van der Waals surface area contributed by atoms with Crippen LogP contribution in [0.4, 0.5) is 0 Å². The van der Waals surface area contributed by atoms with Crippen LogP contribution in [0.3, 0.4) is 0 Å². The average Bonchev–Trinajstić information content (AvgIpc) is 2.18. The fraction of sp³-hybridized carbons (Fsp3) is 0.727. The Kier molecular flexibility index (Phi) is 3.60. The monoisotopic (exact) mass is 230 g/mol. The van der Waals surface area contributed by atoms with E-state index in [9.17, 15) is 9.90 Å². The molecule has 0 aromatic rings. The van der Waals surface area contributed by atoms with Crippen LogP contribution >= 0.6 is 0 Å². The summed E-state index contributed by atoms with van der Waals surface area (Å²) in [6.07, 6.45) is 0. The predicted molar refractivity (Wildman–Crippen MR) is 56.8 cm³/mol. The van der Waals surface area contributed by atoms with Gasteiger partial charge in [-0.25, -0.2) is 0 Å². The molecule has 1 aliphatic rings. The summed E-state index contributed by atoms with van der Waals surface area (Å²) < 4.78 is 15.6. The highest BCUT2D eigenvalue weighted by Crippen LogP contribution is 2.35. The maximum absolute atomic E-state index is 11.8. The van der Waals surface area contributed by atoms with E-state index in [2.05, 4.69) is 6.58 Å². The minimum Gasteiger partial charge on any atom is -0.512 e. The zero-order valence-corrected chi connectivity index (χ0v) is 9.91. The zero-order valence-electron chi connectivity index (χ0n) is 9.91. The summed E-state index contributed by atoms with van der Waals surface area (Å²) in [6.45, 7) is 8.82. The van der Waals surface area contributed by atoms with Crippen molar-refractivity contribution in [3.8, 4) is 0 Å². The van der Waals surface area contributed by atoms with Gasteiger partial charge < -0.3 is 19.3 Å². The van der Waals surface area contributed by atoms with Gasteiger partial charge in [-0.05, 0) is 20.8 Å². The SMILES string of the molecule is C=C(O)C1(C(=O)OCC)COC(C)(C)OC1. The van der Waals surface area contributed by atoms with Gasteiger partial charge in [-0.2, -0.15) is 0 Å². The zero-order chi connectivity index (χ0) is 12.4. The normalized spacial score (nSPS) is 22.4. The number of aliphatic hydroxyl groups excluding tert-OH is 1. The smallest absolute Gasteiger partial charge is 0.324 e. The first-order valence-electron chi connectivity index (χ1n) is 5.17. The van der Waals surface area contributed by atoms with Crippen LogP contribution in [-0.2, 0) is 19.0 Å². The van der Waals surface area contributed by atoms with Crippen molar-refractivity contribution in [3.05, 3.63) is 12.3 Å². The van der Waals surface area contributed by atoms with Crippen LogP contribution in [-0.4, -0.2) is 36.7 Å². The Balaban J connectivity index is 2.85. The van der Waals surface area contributed by atoms with Crippen molar-refractivity contribution in [1.82, 2.24) is 0 Å². The second kappa shape index (κ2) is 4.43. The Labute approximate surface area is 95.0 Å². The molecule has 0 saturated carbocycles. The van der Waals surface area contributed by atoms with Crippen molar-refractivity contribution < 1.29 is 24.1 Å². The molecule has 0 amide bonds. The topological polar surface area (TPSA) is 65.0 Å². The Morgan fingerprint density at radius 1 is 1.44 bits per heavy atom. The summed E-state index contributed by atoms with van der Waals surface area (Å²) in [5, 5.41) is 9.54. The maximum Gasteiger partial charge on any atom is 0.324 e. The number of carbonyl (C=O) groups excluding carboxylic acids is 1. The number of aliphatic hydroxyl groups is 1. The number of rotatable bonds is 3. The largest absolute Gasteiger partial charge is 0.512 e. The lowest BCUT2D eigenvalue weighted by Gasteiger charge is -2.40. The molecule has 5 nitrogen and oxygen atoms in total. The Morgan fingerprint density at radius 2 is 1.94 bits per heavy atom. The quantitative estimate of drug-likeness (QED) is 0.586. The van der Waals surface area contributed by atoms with Gasteiger partial charge in [0.2, 0.25) is 0 Å². The first-order valence-corrected chi connectivity index (χ1v) is 5.17. The molecule has 5 heteroatoms. The molecule has 0 aromatic heterocycles. The summed E-state index contributed by atoms with van der Waals surface area (Å²) in [4.78, 5) is 11.8. The third-order valence-corrected chi connectivity index (χ3v) is 2.55. The second-order valence-corrected chi connectivity index (χ2v) is 4.23. The molecule has 0 spiro atoms. The number of ether oxygens (including phenoxy) is 3. The van der Waals surface area contributed by atoms with Gasteiger partial charge in [-0.3, -0.25) is 4.79 Å². The van der Waals surface area contributed by atoms with E-state index in [-0.39, 0.29) is 25.6 Å². The molecule has 1 rings (SSSR count). The summed E-state index contributed by atoms with van der Waals surface area (Å²) in [5.74, 6) is -1.62. The molecule has 1 aliphatic heterocycles. The molecule has 0 radical (unpaired) electrons. The Hall–Kier alpha value is -1.07. The van der Waals surface area contributed by atoms with Crippen molar-refractivity contribution in [3.63, 3.8) is 0 Å². The summed E-state index contributed by atoms with van der Waals surface area (Å²) in [5.41, 5.74) is -1.30. The second-order valence-electron chi connectivity index (χ2n) is 4.23. The number of hydrogen-bond acceptors (Lipinski definition) is 5.